The molecule has 0 aromatic heterocycles. The van der Waals surface area contributed by atoms with Crippen molar-refractivity contribution in [2.45, 2.75) is 75.1 Å². The van der Waals surface area contributed by atoms with Gasteiger partial charge in [0.15, 0.2) is 0 Å². The molecule has 0 radical (unpaired) electrons. The van der Waals surface area contributed by atoms with E-state index in [2.05, 4.69) is 11.0 Å². The first-order chi connectivity index (χ1) is 24.0. The van der Waals surface area contributed by atoms with Crippen molar-refractivity contribution in [1.29, 1.82) is 5.26 Å². The first-order valence-corrected chi connectivity index (χ1v) is 17.8. The van der Waals surface area contributed by atoms with Gasteiger partial charge in [0.2, 0.25) is 5.91 Å². The largest absolute Gasteiger partial charge is 0.497 e. The molecule has 9 nitrogen and oxygen atoms in total. The maximum Gasteiger partial charge on any atom is 0.416 e. The fourth-order valence-electron chi connectivity index (χ4n) is 8.85. The third-order valence-electron chi connectivity index (χ3n) is 11.8. The van der Waals surface area contributed by atoms with E-state index in [0.717, 1.165) is 55.7 Å². The van der Waals surface area contributed by atoms with Crippen LogP contribution in [0.2, 0.25) is 0 Å². The fourth-order valence-corrected chi connectivity index (χ4v) is 8.85. The molecule has 4 atom stereocenters. The van der Waals surface area contributed by atoms with Gasteiger partial charge in [-0.25, -0.2) is 0 Å². The number of amides is 1. The molecule has 12 heteroatoms. The van der Waals surface area contributed by atoms with Gasteiger partial charge in [-0.05, 0) is 79.8 Å². The number of likely N-dealkylation sites (tertiary alicyclic amines) is 2. The number of halogens is 3. The Bertz CT molecular complexity index is 1550. The summed E-state index contributed by atoms with van der Waals surface area (Å²) < 4.78 is 52.9. The summed E-state index contributed by atoms with van der Waals surface area (Å²) in [5, 5.41) is 19.3. The van der Waals surface area contributed by atoms with Gasteiger partial charge in [-0.2, -0.15) is 18.4 Å². The van der Waals surface area contributed by atoms with Gasteiger partial charge in [-0.15, -0.1) is 0 Å². The van der Waals surface area contributed by atoms with Gasteiger partial charge in [0.1, 0.15) is 5.75 Å². The Labute approximate surface area is 291 Å². The summed E-state index contributed by atoms with van der Waals surface area (Å²) in [6.45, 7) is 2.66. The maximum absolute atomic E-state index is 14.6. The van der Waals surface area contributed by atoms with Crippen LogP contribution in [-0.2, 0) is 20.5 Å². The predicted octanol–water partition coefficient (Wildman–Crippen LogP) is 6.14. The molecule has 0 spiro atoms. The average Bonchev–Trinajstić information content (AvgIpc) is 3.76. The Hall–Kier alpha value is -3.82. The summed E-state index contributed by atoms with van der Waals surface area (Å²) in [7, 11) is 3.38. The van der Waals surface area contributed by atoms with Crippen molar-refractivity contribution in [3.8, 4) is 11.8 Å². The van der Waals surface area contributed by atoms with Gasteiger partial charge < -0.3 is 24.4 Å². The zero-order chi connectivity index (χ0) is 35.6. The summed E-state index contributed by atoms with van der Waals surface area (Å²) in [4.78, 5) is 32.4. The lowest BCUT2D eigenvalue weighted by atomic mass is 9.84. The van der Waals surface area contributed by atoms with Crippen molar-refractivity contribution in [3.63, 3.8) is 0 Å². The first-order valence-electron chi connectivity index (χ1n) is 17.8. The lowest BCUT2D eigenvalue weighted by Gasteiger charge is -2.35. The van der Waals surface area contributed by atoms with Crippen molar-refractivity contribution in [2.24, 2.45) is 17.8 Å². The second kappa shape index (κ2) is 15.2. The molecule has 1 amide bonds. The molecular formula is C38H47F3N4O5. The highest BCUT2D eigenvalue weighted by atomic mass is 19.4. The van der Waals surface area contributed by atoms with Gasteiger partial charge in [0.05, 0.1) is 36.7 Å². The van der Waals surface area contributed by atoms with E-state index in [4.69, 9.17) is 9.47 Å². The van der Waals surface area contributed by atoms with Crippen molar-refractivity contribution >= 4 is 17.6 Å². The minimum Gasteiger partial charge on any atom is -0.497 e. The summed E-state index contributed by atoms with van der Waals surface area (Å²) in [5.41, 5.74) is 1.39. The van der Waals surface area contributed by atoms with Gasteiger partial charge in [-0.1, -0.05) is 18.2 Å². The van der Waals surface area contributed by atoms with Crippen LogP contribution in [0.15, 0.2) is 42.5 Å². The minimum absolute atomic E-state index is 0.0140. The number of nitriles is 1. The SMILES string of the molecule is COc1ccc([C@@H]2CN(C3CCC(OC)CC3)C[C@H]2C(=O)N2C[C@H](CC#N)[C@@H](c3ccc(C(F)(F)F)cc3N3CCC(C(=O)O)CC3)C2)cc1. The molecule has 1 N–H and O–H groups in total. The fraction of sp³-hybridized carbons (Fsp3) is 0.605. The van der Waals surface area contributed by atoms with Gasteiger partial charge in [0.25, 0.3) is 0 Å². The lowest BCUT2D eigenvalue weighted by molar-refractivity contribution is -0.142. The lowest BCUT2D eigenvalue weighted by Crippen LogP contribution is -2.40. The number of nitrogens with zero attached hydrogens (tertiary/aromatic N) is 4. The highest BCUT2D eigenvalue weighted by Crippen LogP contribution is 2.45. The van der Waals surface area contributed by atoms with Crippen molar-refractivity contribution in [1.82, 2.24) is 9.80 Å². The van der Waals surface area contributed by atoms with E-state index in [1.165, 1.54) is 6.07 Å². The van der Waals surface area contributed by atoms with E-state index in [-0.39, 0.29) is 42.1 Å². The number of carbonyl (C=O) groups excluding carboxylic acids is 1. The van der Waals surface area contributed by atoms with Gasteiger partial charge in [-0.3, -0.25) is 14.5 Å². The molecule has 3 heterocycles. The number of ether oxygens (including phenoxy) is 2. The van der Waals surface area contributed by atoms with Crippen LogP contribution in [0.3, 0.4) is 0 Å². The van der Waals surface area contributed by atoms with Crippen LogP contribution >= 0.6 is 0 Å². The van der Waals surface area contributed by atoms with Gasteiger partial charge in [0, 0.05) is 76.4 Å². The normalized spacial score (nSPS) is 28.1. The third-order valence-corrected chi connectivity index (χ3v) is 11.8. The van der Waals surface area contributed by atoms with Crippen molar-refractivity contribution in [3.05, 3.63) is 59.2 Å². The summed E-state index contributed by atoms with van der Waals surface area (Å²) >= 11 is 0. The monoisotopic (exact) mass is 696 g/mol. The average molecular weight is 697 g/mol. The van der Waals surface area contributed by atoms with E-state index >= 15 is 0 Å². The van der Waals surface area contributed by atoms with Crippen molar-refractivity contribution in [2.75, 3.05) is 58.4 Å². The summed E-state index contributed by atoms with van der Waals surface area (Å²) in [6, 6.07) is 14.3. The topological polar surface area (TPSA) is 106 Å². The number of methoxy groups -OCH3 is 2. The molecule has 270 valence electrons. The molecule has 2 aromatic rings. The maximum atomic E-state index is 14.6. The highest BCUT2D eigenvalue weighted by Gasteiger charge is 2.46. The molecular weight excluding hydrogens is 649 g/mol. The van der Waals surface area contributed by atoms with Crippen LogP contribution < -0.4 is 9.64 Å². The number of aliphatic carboxylic acids is 1. The molecule has 0 bridgehead atoms. The Morgan fingerprint density at radius 1 is 0.920 bits per heavy atom. The molecule has 1 saturated carbocycles. The van der Waals surface area contributed by atoms with Crippen LogP contribution in [0.4, 0.5) is 18.9 Å². The second-order valence-electron chi connectivity index (χ2n) is 14.4. The second-order valence-corrected chi connectivity index (χ2v) is 14.4. The summed E-state index contributed by atoms with van der Waals surface area (Å²) in [6.07, 6.45) is 0.520. The van der Waals surface area contributed by atoms with Crippen LogP contribution in [0.5, 0.6) is 5.75 Å². The van der Waals surface area contributed by atoms with Crippen LogP contribution in [0, 0.1) is 29.1 Å². The van der Waals surface area contributed by atoms with Crippen LogP contribution in [0.1, 0.15) is 73.5 Å². The Kier molecular flexibility index (Phi) is 10.9. The number of carboxylic acid groups (broad SMARTS) is 1. The van der Waals surface area contributed by atoms with Crippen molar-refractivity contribution < 1.29 is 37.3 Å². The smallest absolute Gasteiger partial charge is 0.416 e. The number of piperidine rings is 1. The van der Waals surface area contributed by atoms with E-state index in [0.29, 0.717) is 62.9 Å². The number of rotatable bonds is 9. The molecule has 4 aliphatic rings. The number of benzene rings is 2. The number of alkyl halides is 3. The standard InChI is InChI=1S/C38H47F3N4O5/c1-49-29-8-3-24(4-9-29)32-21-44(28-6-10-30(50-2)11-7-28)23-34(32)36(46)45-20-26(13-16-42)33(22-45)31-12-5-27(38(39,40)41)19-35(31)43-17-14-25(15-18-43)37(47)48/h3-5,8-9,12,19,25-26,28,30,32-34H,6-7,10-11,13-15,17-18,20-23H2,1-2H3,(H,47,48)/t26-,28?,30?,32-,33-,34+/m0/s1. The number of carbonyl (C=O) groups is 2. The molecule has 50 heavy (non-hydrogen) atoms. The predicted molar refractivity (Wildman–Crippen MR) is 181 cm³/mol. The summed E-state index contributed by atoms with van der Waals surface area (Å²) in [5.74, 6) is -1.62. The zero-order valence-corrected chi connectivity index (χ0v) is 28.8. The number of hydrogen-bond acceptors (Lipinski definition) is 7. The molecule has 6 rings (SSSR count). The number of hydrogen-bond donors (Lipinski definition) is 1. The molecule has 0 unspecified atom stereocenters. The molecule has 3 saturated heterocycles. The van der Waals surface area contributed by atoms with Gasteiger partial charge >= 0.3 is 12.1 Å². The first kappa shape index (κ1) is 36.0. The zero-order valence-electron chi connectivity index (χ0n) is 28.8. The number of carboxylic acids is 1. The molecule has 4 fully saturated rings. The van der Waals surface area contributed by atoms with Crippen LogP contribution in [-0.4, -0.2) is 92.4 Å². The number of anilines is 1. The molecule has 3 aliphatic heterocycles. The quantitative estimate of drug-likeness (QED) is 0.333. The Morgan fingerprint density at radius 2 is 1.62 bits per heavy atom. The molecule has 2 aromatic carbocycles. The Morgan fingerprint density at radius 3 is 2.22 bits per heavy atom. The molecule has 1 aliphatic carbocycles. The Balaban J connectivity index is 1.28. The highest BCUT2D eigenvalue weighted by molar-refractivity contribution is 5.81. The van der Waals surface area contributed by atoms with E-state index < -0.39 is 23.6 Å². The van der Waals surface area contributed by atoms with E-state index in [9.17, 15) is 33.1 Å². The van der Waals surface area contributed by atoms with E-state index in [1.54, 1.807) is 14.2 Å². The minimum atomic E-state index is -4.55. The third kappa shape index (κ3) is 7.59. The van der Waals surface area contributed by atoms with Crippen LogP contribution in [0.25, 0.3) is 0 Å². The van der Waals surface area contributed by atoms with E-state index in [1.807, 2.05) is 34.1 Å².